The molecule has 0 atom stereocenters. The molecule has 0 spiro atoms. The van der Waals surface area contributed by atoms with Crippen molar-refractivity contribution in [2.75, 3.05) is 6.54 Å². The highest BCUT2D eigenvalue weighted by atomic mass is 79.9. The number of benzene rings is 1. The van der Waals surface area contributed by atoms with E-state index in [4.69, 9.17) is 11.6 Å². The van der Waals surface area contributed by atoms with E-state index in [0.717, 1.165) is 28.6 Å². The molecule has 0 saturated heterocycles. The van der Waals surface area contributed by atoms with Crippen molar-refractivity contribution in [3.63, 3.8) is 0 Å². The summed E-state index contributed by atoms with van der Waals surface area (Å²) in [7, 11) is 0. The molecular formula is C20H24BrClN2. The van der Waals surface area contributed by atoms with Crippen molar-refractivity contribution >= 4 is 27.5 Å². The van der Waals surface area contributed by atoms with Crippen molar-refractivity contribution < 1.29 is 0 Å². The van der Waals surface area contributed by atoms with Gasteiger partial charge in [0, 0.05) is 30.9 Å². The fraction of sp³-hybridized carbons (Fsp3) is 0.450. The Labute approximate surface area is 158 Å². The molecule has 1 saturated carbocycles. The maximum atomic E-state index is 6.03. The van der Waals surface area contributed by atoms with Crippen LogP contribution in [0.5, 0.6) is 0 Å². The van der Waals surface area contributed by atoms with Crippen molar-refractivity contribution in [1.29, 1.82) is 0 Å². The van der Waals surface area contributed by atoms with Gasteiger partial charge < -0.3 is 0 Å². The summed E-state index contributed by atoms with van der Waals surface area (Å²) < 4.78 is 0.907. The molecule has 1 aliphatic rings. The lowest BCUT2D eigenvalue weighted by Gasteiger charge is -2.30. The zero-order valence-electron chi connectivity index (χ0n) is 13.9. The maximum Gasteiger partial charge on any atom is 0.106 e. The van der Waals surface area contributed by atoms with Gasteiger partial charge in [-0.05, 0) is 70.1 Å². The number of aromatic nitrogens is 1. The molecule has 1 aromatic heterocycles. The van der Waals surface area contributed by atoms with Crippen molar-refractivity contribution in [2.45, 2.75) is 45.2 Å². The first-order valence-electron chi connectivity index (χ1n) is 8.76. The average molecular weight is 408 g/mol. The standard InChI is InChI=1S/C20H24BrClN2/c21-20-12-18(10-11-23-20)15-24(13-16-4-2-1-3-5-16)14-17-6-8-19(22)9-7-17/h6-12,16H,1-5,13-15H2. The molecule has 24 heavy (non-hydrogen) atoms. The first-order chi connectivity index (χ1) is 11.7. The Bertz CT molecular complexity index is 638. The van der Waals surface area contributed by atoms with Gasteiger partial charge in [0.2, 0.25) is 0 Å². The first-order valence-corrected chi connectivity index (χ1v) is 9.93. The molecule has 1 heterocycles. The van der Waals surface area contributed by atoms with Crippen LogP contribution in [0, 0.1) is 5.92 Å². The minimum Gasteiger partial charge on any atom is -0.295 e. The molecule has 1 fully saturated rings. The fourth-order valence-corrected chi connectivity index (χ4v) is 4.11. The van der Waals surface area contributed by atoms with Gasteiger partial charge in [-0.2, -0.15) is 0 Å². The summed E-state index contributed by atoms with van der Waals surface area (Å²) in [5, 5.41) is 0.802. The Hall–Kier alpha value is -0.900. The molecule has 1 aromatic carbocycles. The van der Waals surface area contributed by atoms with Gasteiger partial charge in [0.15, 0.2) is 0 Å². The van der Waals surface area contributed by atoms with Gasteiger partial charge in [0.25, 0.3) is 0 Å². The Morgan fingerprint density at radius 1 is 1.00 bits per heavy atom. The predicted octanol–water partition coefficient (Wildman–Crippen LogP) is 6.08. The summed E-state index contributed by atoms with van der Waals surface area (Å²) in [6.07, 6.45) is 8.81. The van der Waals surface area contributed by atoms with Crippen molar-refractivity contribution in [1.82, 2.24) is 9.88 Å². The van der Waals surface area contributed by atoms with Gasteiger partial charge in [-0.25, -0.2) is 4.98 Å². The number of hydrogen-bond donors (Lipinski definition) is 0. The van der Waals surface area contributed by atoms with Gasteiger partial charge in [-0.3, -0.25) is 4.90 Å². The second-order valence-electron chi connectivity index (χ2n) is 6.79. The van der Waals surface area contributed by atoms with E-state index in [2.05, 4.69) is 50.1 Å². The summed E-state index contributed by atoms with van der Waals surface area (Å²) in [5.41, 5.74) is 2.63. The van der Waals surface area contributed by atoms with Crippen LogP contribution in [0.4, 0.5) is 0 Å². The SMILES string of the molecule is Clc1ccc(CN(Cc2ccnc(Br)c2)CC2CCCCC2)cc1. The van der Waals surface area contributed by atoms with Crippen molar-refractivity contribution in [3.05, 3.63) is 63.3 Å². The highest BCUT2D eigenvalue weighted by Gasteiger charge is 2.18. The Morgan fingerprint density at radius 2 is 1.71 bits per heavy atom. The second kappa shape index (κ2) is 8.98. The highest BCUT2D eigenvalue weighted by molar-refractivity contribution is 9.10. The van der Waals surface area contributed by atoms with Crippen LogP contribution >= 0.6 is 27.5 Å². The molecule has 0 N–H and O–H groups in total. The molecular weight excluding hydrogens is 384 g/mol. The Balaban J connectivity index is 1.70. The van der Waals surface area contributed by atoms with E-state index in [1.165, 1.54) is 49.8 Å². The Kier molecular flexibility index (Phi) is 6.70. The zero-order chi connectivity index (χ0) is 16.8. The topological polar surface area (TPSA) is 16.1 Å². The third-order valence-electron chi connectivity index (χ3n) is 4.76. The summed E-state index contributed by atoms with van der Waals surface area (Å²) >= 11 is 9.51. The molecule has 2 aromatic rings. The number of halogens is 2. The largest absolute Gasteiger partial charge is 0.295 e. The highest BCUT2D eigenvalue weighted by Crippen LogP contribution is 2.26. The van der Waals surface area contributed by atoms with Crippen molar-refractivity contribution in [3.8, 4) is 0 Å². The normalized spacial score (nSPS) is 15.8. The van der Waals surface area contributed by atoms with Gasteiger partial charge in [0.1, 0.15) is 4.60 Å². The predicted molar refractivity (Wildman–Crippen MR) is 104 cm³/mol. The molecule has 3 rings (SSSR count). The van der Waals surface area contributed by atoms with Crippen LogP contribution in [0.25, 0.3) is 0 Å². The molecule has 128 valence electrons. The lowest BCUT2D eigenvalue weighted by Crippen LogP contribution is -2.30. The first kappa shape index (κ1) is 17.9. The van der Waals surface area contributed by atoms with Gasteiger partial charge in [-0.15, -0.1) is 0 Å². The lowest BCUT2D eigenvalue weighted by molar-refractivity contribution is 0.187. The van der Waals surface area contributed by atoms with E-state index in [-0.39, 0.29) is 0 Å². The second-order valence-corrected chi connectivity index (χ2v) is 8.04. The van der Waals surface area contributed by atoms with E-state index < -0.39 is 0 Å². The van der Waals surface area contributed by atoms with Crippen LogP contribution in [0.1, 0.15) is 43.2 Å². The minimum atomic E-state index is 0.802. The van der Waals surface area contributed by atoms with E-state index in [0.29, 0.717) is 0 Å². The quantitative estimate of drug-likeness (QED) is 0.539. The molecule has 0 bridgehead atoms. The maximum absolute atomic E-state index is 6.03. The fourth-order valence-electron chi connectivity index (χ4n) is 3.57. The molecule has 0 aliphatic heterocycles. The van der Waals surface area contributed by atoms with E-state index in [9.17, 15) is 0 Å². The third kappa shape index (κ3) is 5.58. The van der Waals surface area contributed by atoms with Crippen LogP contribution in [-0.2, 0) is 13.1 Å². The molecule has 0 radical (unpaired) electrons. The lowest BCUT2D eigenvalue weighted by atomic mass is 9.89. The van der Waals surface area contributed by atoms with E-state index in [1.54, 1.807) is 0 Å². The average Bonchev–Trinajstić information content (AvgIpc) is 2.58. The number of rotatable bonds is 6. The molecule has 1 aliphatic carbocycles. The van der Waals surface area contributed by atoms with Crippen molar-refractivity contribution in [2.24, 2.45) is 5.92 Å². The summed E-state index contributed by atoms with van der Waals surface area (Å²) in [6.45, 7) is 3.09. The molecule has 4 heteroatoms. The van der Waals surface area contributed by atoms with Crippen LogP contribution in [0.3, 0.4) is 0 Å². The minimum absolute atomic E-state index is 0.802. The van der Waals surface area contributed by atoms with Crippen LogP contribution < -0.4 is 0 Å². The number of hydrogen-bond acceptors (Lipinski definition) is 2. The molecule has 0 unspecified atom stereocenters. The summed E-state index contributed by atoms with van der Waals surface area (Å²) in [6, 6.07) is 12.5. The molecule has 2 nitrogen and oxygen atoms in total. The number of nitrogens with zero attached hydrogens (tertiary/aromatic N) is 2. The monoisotopic (exact) mass is 406 g/mol. The van der Waals surface area contributed by atoms with Gasteiger partial charge in [0.05, 0.1) is 0 Å². The van der Waals surface area contributed by atoms with E-state index >= 15 is 0 Å². The van der Waals surface area contributed by atoms with Gasteiger partial charge >= 0.3 is 0 Å². The van der Waals surface area contributed by atoms with Crippen LogP contribution in [0.15, 0.2) is 47.2 Å². The number of pyridine rings is 1. The Morgan fingerprint density at radius 3 is 2.42 bits per heavy atom. The van der Waals surface area contributed by atoms with Crippen LogP contribution in [0.2, 0.25) is 5.02 Å². The van der Waals surface area contributed by atoms with E-state index in [1.807, 2.05) is 18.3 Å². The van der Waals surface area contributed by atoms with Gasteiger partial charge in [-0.1, -0.05) is 43.0 Å². The smallest absolute Gasteiger partial charge is 0.106 e. The molecule has 0 amide bonds. The third-order valence-corrected chi connectivity index (χ3v) is 5.44. The zero-order valence-corrected chi connectivity index (χ0v) is 16.3. The summed E-state index contributed by atoms with van der Waals surface area (Å²) in [4.78, 5) is 6.81. The van der Waals surface area contributed by atoms with Crippen LogP contribution in [-0.4, -0.2) is 16.4 Å². The summed E-state index contributed by atoms with van der Waals surface area (Å²) in [5.74, 6) is 0.830.